The molecular formula is C11H16N2O3S. The summed E-state index contributed by atoms with van der Waals surface area (Å²) in [7, 11) is 0. The molecule has 5 nitrogen and oxygen atoms in total. The largest absolute Gasteiger partial charge is 0.478 e. The predicted molar refractivity (Wildman–Crippen MR) is 65.6 cm³/mol. The summed E-state index contributed by atoms with van der Waals surface area (Å²) < 4.78 is 0. The Morgan fingerprint density at radius 2 is 2.00 bits per heavy atom. The fourth-order valence-electron chi connectivity index (χ4n) is 1.62. The molecular weight excluding hydrogens is 240 g/mol. The number of carboxylic acids is 1. The van der Waals surface area contributed by atoms with Crippen molar-refractivity contribution >= 4 is 17.7 Å². The first-order valence-electron chi connectivity index (χ1n) is 5.51. The Morgan fingerprint density at radius 3 is 2.47 bits per heavy atom. The van der Waals surface area contributed by atoms with E-state index in [2.05, 4.69) is 10.2 Å². The van der Waals surface area contributed by atoms with Gasteiger partial charge in [0.25, 0.3) is 0 Å². The zero-order valence-corrected chi connectivity index (χ0v) is 10.8. The third kappa shape index (κ3) is 3.17. The molecule has 0 aliphatic carbocycles. The van der Waals surface area contributed by atoms with Crippen LogP contribution in [0, 0.1) is 0 Å². The molecule has 0 saturated carbocycles. The van der Waals surface area contributed by atoms with E-state index in [4.69, 9.17) is 5.11 Å². The molecule has 1 heterocycles. The van der Waals surface area contributed by atoms with Gasteiger partial charge in [-0.25, -0.2) is 4.79 Å². The summed E-state index contributed by atoms with van der Waals surface area (Å²) in [6.07, 6.45) is 1.29. The Hall–Kier alpha value is -1.14. The van der Waals surface area contributed by atoms with E-state index >= 15 is 0 Å². The Labute approximate surface area is 104 Å². The van der Waals surface area contributed by atoms with Gasteiger partial charge in [-0.05, 0) is 18.4 Å². The van der Waals surface area contributed by atoms with Gasteiger partial charge >= 0.3 is 5.97 Å². The Morgan fingerprint density at radius 1 is 1.29 bits per heavy atom. The average molecular weight is 256 g/mol. The standard InChI is InChI=1S/C11H16N2O3S/c1-3-7-8(4-2)12-13-10(17-6-5-14)9(7)11(15)16/h14H,3-6H2,1-2H3,(H,15,16). The summed E-state index contributed by atoms with van der Waals surface area (Å²) in [5.74, 6) is -0.560. The van der Waals surface area contributed by atoms with Gasteiger partial charge in [-0.1, -0.05) is 13.8 Å². The van der Waals surface area contributed by atoms with Crippen molar-refractivity contribution in [1.29, 1.82) is 0 Å². The van der Waals surface area contributed by atoms with E-state index in [0.29, 0.717) is 23.6 Å². The van der Waals surface area contributed by atoms with Crippen molar-refractivity contribution in [2.24, 2.45) is 0 Å². The van der Waals surface area contributed by atoms with Crippen LogP contribution in [0.5, 0.6) is 0 Å². The van der Waals surface area contributed by atoms with Gasteiger partial charge in [-0.3, -0.25) is 0 Å². The number of thioether (sulfide) groups is 1. The number of carboxylic acid groups (broad SMARTS) is 1. The lowest BCUT2D eigenvalue weighted by Gasteiger charge is -2.11. The molecule has 1 aromatic rings. The lowest BCUT2D eigenvalue weighted by Crippen LogP contribution is -2.12. The second-order valence-corrected chi connectivity index (χ2v) is 4.47. The number of aliphatic hydroxyl groups is 1. The predicted octanol–water partition coefficient (Wildman–Crippen LogP) is 1.38. The Bertz CT molecular complexity index is 410. The second-order valence-electron chi connectivity index (χ2n) is 3.39. The summed E-state index contributed by atoms with van der Waals surface area (Å²) in [5.41, 5.74) is 1.71. The molecule has 0 spiro atoms. The highest BCUT2D eigenvalue weighted by molar-refractivity contribution is 7.99. The molecule has 0 atom stereocenters. The maximum absolute atomic E-state index is 11.3. The fourth-order valence-corrected chi connectivity index (χ4v) is 2.36. The number of rotatable bonds is 6. The van der Waals surface area contributed by atoms with Gasteiger partial charge < -0.3 is 10.2 Å². The van der Waals surface area contributed by atoms with Gasteiger partial charge in [0.1, 0.15) is 5.03 Å². The first-order valence-corrected chi connectivity index (χ1v) is 6.49. The van der Waals surface area contributed by atoms with Crippen molar-refractivity contribution in [3.63, 3.8) is 0 Å². The van der Waals surface area contributed by atoms with Crippen molar-refractivity contribution in [2.75, 3.05) is 12.4 Å². The number of aryl methyl sites for hydroxylation is 1. The van der Waals surface area contributed by atoms with Crippen LogP contribution in [0.25, 0.3) is 0 Å². The number of hydrogen-bond acceptors (Lipinski definition) is 5. The maximum atomic E-state index is 11.3. The molecule has 6 heteroatoms. The monoisotopic (exact) mass is 256 g/mol. The van der Waals surface area contributed by atoms with Crippen molar-refractivity contribution < 1.29 is 15.0 Å². The highest BCUT2D eigenvalue weighted by Gasteiger charge is 2.20. The summed E-state index contributed by atoms with van der Waals surface area (Å²) >= 11 is 1.22. The van der Waals surface area contributed by atoms with Crippen LogP contribution in [0.1, 0.15) is 35.5 Å². The van der Waals surface area contributed by atoms with Gasteiger partial charge in [0, 0.05) is 5.75 Å². The zero-order chi connectivity index (χ0) is 12.8. The molecule has 17 heavy (non-hydrogen) atoms. The van der Waals surface area contributed by atoms with Crippen LogP contribution < -0.4 is 0 Å². The van der Waals surface area contributed by atoms with E-state index in [-0.39, 0.29) is 12.2 Å². The van der Waals surface area contributed by atoms with Crippen LogP contribution in [0.15, 0.2) is 5.03 Å². The first kappa shape index (κ1) is 13.9. The van der Waals surface area contributed by atoms with Crippen LogP contribution in [-0.4, -0.2) is 38.7 Å². The van der Waals surface area contributed by atoms with Gasteiger partial charge in [0.15, 0.2) is 0 Å². The van der Waals surface area contributed by atoms with Crippen LogP contribution in [0.4, 0.5) is 0 Å². The van der Waals surface area contributed by atoms with Crippen molar-refractivity contribution in [3.05, 3.63) is 16.8 Å². The van der Waals surface area contributed by atoms with E-state index < -0.39 is 5.97 Å². The van der Waals surface area contributed by atoms with Gasteiger partial charge in [-0.15, -0.1) is 16.9 Å². The Kier molecular flexibility index (Phi) is 5.37. The van der Waals surface area contributed by atoms with Gasteiger partial charge in [0.2, 0.25) is 0 Å². The summed E-state index contributed by atoms with van der Waals surface area (Å²) in [4.78, 5) is 11.3. The van der Waals surface area contributed by atoms with Crippen LogP contribution in [-0.2, 0) is 12.8 Å². The number of nitrogens with zero attached hydrogens (tertiary/aromatic N) is 2. The highest BCUT2D eigenvalue weighted by Crippen LogP contribution is 2.25. The van der Waals surface area contributed by atoms with Crippen LogP contribution >= 0.6 is 11.8 Å². The molecule has 0 bridgehead atoms. The third-order valence-corrected chi connectivity index (χ3v) is 3.30. The van der Waals surface area contributed by atoms with Gasteiger partial charge in [0.05, 0.1) is 17.9 Å². The molecule has 1 rings (SSSR count). The first-order chi connectivity index (χ1) is 8.15. The number of carbonyl (C=O) groups is 1. The number of aromatic carboxylic acids is 1. The normalized spacial score (nSPS) is 10.5. The van der Waals surface area contributed by atoms with Crippen molar-refractivity contribution in [3.8, 4) is 0 Å². The molecule has 0 saturated heterocycles. The molecule has 0 fully saturated rings. The lowest BCUT2D eigenvalue weighted by molar-refractivity contribution is 0.0690. The average Bonchev–Trinajstić information content (AvgIpc) is 2.34. The van der Waals surface area contributed by atoms with Crippen molar-refractivity contribution in [1.82, 2.24) is 10.2 Å². The topological polar surface area (TPSA) is 83.3 Å². The minimum absolute atomic E-state index is 0.0115. The van der Waals surface area contributed by atoms with E-state index in [1.807, 2.05) is 13.8 Å². The molecule has 0 radical (unpaired) electrons. The molecule has 0 aromatic carbocycles. The van der Waals surface area contributed by atoms with E-state index in [1.165, 1.54) is 11.8 Å². The smallest absolute Gasteiger partial charge is 0.338 e. The van der Waals surface area contributed by atoms with Crippen LogP contribution in [0.2, 0.25) is 0 Å². The number of hydrogen-bond donors (Lipinski definition) is 2. The number of aromatic nitrogens is 2. The molecule has 0 amide bonds. The quantitative estimate of drug-likeness (QED) is 0.748. The lowest BCUT2D eigenvalue weighted by atomic mass is 10.0. The SMILES string of the molecule is CCc1nnc(SCCO)c(C(=O)O)c1CC. The maximum Gasteiger partial charge on any atom is 0.338 e. The van der Waals surface area contributed by atoms with Gasteiger partial charge in [-0.2, -0.15) is 5.10 Å². The number of aliphatic hydroxyl groups excluding tert-OH is 1. The summed E-state index contributed by atoms with van der Waals surface area (Å²) in [6, 6.07) is 0. The second kappa shape index (κ2) is 6.56. The zero-order valence-electron chi connectivity index (χ0n) is 9.93. The van der Waals surface area contributed by atoms with E-state index in [0.717, 1.165) is 11.3 Å². The molecule has 94 valence electrons. The molecule has 1 aromatic heterocycles. The minimum atomic E-state index is -0.980. The van der Waals surface area contributed by atoms with Crippen LogP contribution in [0.3, 0.4) is 0 Å². The van der Waals surface area contributed by atoms with E-state index in [1.54, 1.807) is 0 Å². The molecule has 0 aliphatic heterocycles. The molecule has 2 N–H and O–H groups in total. The molecule has 0 unspecified atom stereocenters. The minimum Gasteiger partial charge on any atom is -0.478 e. The summed E-state index contributed by atoms with van der Waals surface area (Å²) in [6.45, 7) is 3.82. The van der Waals surface area contributed by atoms with E-state index in [9.17, 15) is 9.90 Å². The molecule has 0 aliphatic rings. The van der Waals surface area contributed by atoms with Crippen molar-refractivity contribution in [2.45, 2.75) is 31.7 Å². The fraction of sp³-hybridized carbons (Fsp3) is 0.545. The summed E-state index contributed by atoms with van der Waals surface area (Å²) in [5, 5.41) is 26.4. The highest BCUT2D eigenvalue weighted by atomic mass is 32.2. The Balaban J connectivity index is 3.26. The third-order valence-electron chi connectivity index (χ3n) is 2.36.